The maximum Gasteiger partial charge on any atom is 0.277 e. The van der Waals surface area contributed by atoms with Crippen LogP contribution in [0.3, 0.4) is 0 Å². The van der Waals surface area contributed by atoms with Crippen molar-refractivity contribution in [3.63, 3.8) is 0 Å². The first-order valence-corrected chi connectivity index (χ1v) is 5.83. The first-order chi connectivity index (χ1) is 9.26. The molecule has 1 amide bonds. The molecule has 0 radical (unpaired) electrons. The highest BCUT2D eigenvalue weighted by atomic mass is 16.3. The molecule has 96 valence electrons. The number of nitrogens with one attached hydrogen (secondary N) is 2. The van der Waals surface area contributed by atoms with Crippen molar-refractivity contribution in [3.05, 3.63) is 36.0 Å². The van der Waals surface area contributed by atoms with E-state index < -0.39 is 0 Å². The third kappa shape index (κ3) is 2.17. The number of benzene rings is 1. The van der Waals surface area contributed by atoms with Gasteiger partial charge in [0.25, 0.3) is 5.91 Å². The number of oxazole rings is 1. The molecule has 0 spiro atoms. The number of carbonyl (C=O) groups is 1. The van der Waals surface area contributed by atoms with Crippen molar-refractivity contribution in [2.45, 2.75) is 13.3 Å². The number of fused-ring (bicyclic) bond motifs is 1. The van der Waals surface area contributed by atoms with E-state index in [0.717, 1.165) is 11.9 Å². The highest BCUT2D eigenvalue weighted by Gasteiger charge is 2.10. The van der Waals surface area contributed by atoms with Crippen LogP contribution >= 0.6 is 0 Å². The molecule has 2 heterocycles. The lowest BCUT2D eigenvalue weighted by molar-refractivity contribution is 0.102. The zero-order valence-corrected chi connectivity index (χ0v) is 10.2. The molecule has 2 aromatic heterocycles. The minimum Gasteiger partial charge on any atom is -0.441 e. The fourth-order valence-corrected chi connectivity index (χ4v) is 1.71. The van der Waals surface area contributed by atoms with Crippen molar-refractivity contribution in [2.24, 2.45) is 0 Å². The molecular weight excluding hydrogens is 246 g/mol. The van der Waals surface area contributed by atoms with Crippen LogP contribution in [0.2, 0.25) is 0 Å². The van der Waals surface area contributed by atoms with Crippen molar-refractivity contribution in [3.8, 4) is 0 Å². The van der Waals surface area contributed by atoms with Gasteiger partial charge in [-0.2, -0.15) is 15.4 Å². The molecule has 0 unspecified atom stereocenters. The van der Waals surface area contributed by atoms with Gasteiger partial charge < -0.3 is 9.73 Å². The first-order valence-electron chi connectivity index (χ1n) is 5.83. The molecule has 0 atom stereocenters. The third-order valence-electron chi connectivity index (χ3n) is 2.64. The minimum atomic E-state index is -0.327. The molecule has 3 rings (SSSR count). The zero-order valence-electron chi connectivity index (χ0n) is 10.2. The van der Waals surface area contributed by atoms with Gasteiger partial charge in [-0.25, -0.2) is 4.98 Å². The van der Waals surface area contributed by atoms with Gasteiger partial charge in [0.15, 0.2) is 17.2 Å². The number of aryl methyl sites for hydroxylation is 1. The third-order valence-corrected chi connectivity index (χ3v) is 2.64. The number of hydrogen-bond donors (Lipinski definition) is 2. The maximum atomic E-state index is 11.8. The van der Waals surface area contributed by atoms with Crippen LogP contribution in [0.1, 0.15) is 23.3 Å². The van der Waals surface area contributed by atoms with Crippen molar-refractivity contribution >= 4 is 22.7 Å². The zero-order chi connectivity index (χ0) is 13.2. The molecule has 7 nitrogen and oxygen atoms in total. The summed E-state index contributed by atoms with van der Waals surface area (Å²) in [6.45, 7) is 1.97. The summed E-state index contributed by atoms with van der Waals surface area (Å²) in [6, 6.07) is 5.29. The lowest BCUT2D eigenvalue weighted by Crippen LogP contribution is -2.12. The van der Waals surface area contributed by atoms with Gasteiger partial charge in [0, 0.05) is 12.1 Å². The minimum absolute atomic E-state index is 0.231. The highest BCUT2D eigenvalue weighted by molar-refractivity contribution is 6.03. The smallest absolute Gasteiger partial charge is 0.277 e. The molecule has 0 aliphatic carbocycles. The average Bonchev–Trinajstić information content (AvgIpc) is 3.07. The van der Waals surface area contributed by atoms with Crippen molar-refractivity contribution in [1.82, 2.24) is 20.4 Å². The monoisotopic (exact) mass is 257 g/mol. The van der Waals surface area contributed by atoms with Crippen molar-refractivity contribution in [1.29, 1.82) is 0 Å². The highest BCUT2D eigenvalue weighted by Crippen LogP contribution is 2.20. The van der Waals surface area contributed by atoms with E-state index in [1.54, 1.807) is 18.2 Å². The Balaban J connectivity index is 1.87. The predicted octanol–water partition coefficient (Wildman–Crippen LogP) is 1.76. The fourth-order valence-electron chi connectivity index (χ4n) is 1.71. The van der Waals surface area contributed by atoms with E-state index in [4.69, 9.17) is 4.42 Å². The van der Waals surface area contributed by atoms with Gasteiger partial charge in [0.1, 0.15) is 5.52 Å². The average molecular weight is 257 g/mol. The van der Waals surface area contributed by atoms with Gasteiger partial charge in [-0.3, -0.25) is 4.79 Å². The lowest BCUT2D eigenvalue weighted by Gasteiger charge is -2.01. The maximum absolute atomic E-state index is 11.8. The van der Waals surface area contributed by atoms with E-state index in [9.17, 15) is 4.79 Å². The van der Waals surface area contributed by atoms with Crippen molar-refractivity contribution < 1.29 is 9.21 Å². The van der Waals surface area contributed by atoms with Crippen LogP contribution < -0.4 is 5.32 Å². The Morgan fingerprint density at radius 1 is 1.47 bits per heavy atom. The number of aromatic amines is 1. The Hall–Kier alpha value is -2.70. The second-order valence-electron chi connectivity index (χ2n) is 3.95. The summed E-state index contributed by atoms with van der Waals surface area (Å²) in [5.41, 5.74) is 2.29. The van der Waals surface area contributed by atoms with E-state index in [1.165, 1.54) is 6.20 Å². The number of nitrogens with zero attached hydrogens (tertiary/aromatic N) is 3. The van der Waals surface area contributed by atoms with E-state index in [1.807, 2.05) is 6.92 Å². The number of anilines is 1. The van der Waals surface area contributed by atoms with Gasteiger partial charge >= 0.3 is 0 Å². The van der Waals surface area contributed by atoms with E-state index >= 15 is 0 Å². The normalized spacial score (nSPS) is 10.8. The predicted molar refractivity (Wildman–Crippen MR) is 67.7 cm³/mol. The summed E-state index contributed by atoms with van der Waals surface area (Å²) in [5, 5.41) is 12.4. The standard InChI is InChI=1S/C12H11N5O2/c1-2-11-15-8-5-7(3-4-10(8)19-11)14-12(18)9-6-13-17-16-9/h3-6H,2H2,1H3,(H,14,18)(H,13,16,17). The number of aromatic nitrogens is 4. The molecule has 0 saturated heterocycles. The molecule has 3 aromatic rings. The van der Waals surface area contributed by atoms with Crippen LogP contribution in [-0.2, 0) is 6.42 Å². The summed E-state index contributed by atoms with van der Waals surface area (Å²) in [5.74, 6) is 0.349. The SMILES string of the molecule is CCc1nc2cc(NC(=O)c3cn[nH]n3)ccc2o1. The summed E-state index contributed by atoms with van der Waals surface area (Å²) in [4.78, 5) is 16.1. The van der Waals surface area contributed by atoms with Gasteiger partial charge in [-0.15, -0.1) is 0 Å². The first kappa shape index (κ1) is 11.4. The van der Waals surface area contributed by atoms with E-state index in [-0.39, 0.29) is 11.6 Å². The quantitative estimate of drug-likeness (QED) is 0.745. The van der Waals surface area contributed by atoms with Crippen molar-refractivity contribution in [2.75, 3.05) is 5.32 Å². The van der Waals surface area contributed by atoms with Crippen LogP contribution in [0.5, 0.6) is 0 Å². The summed E-state index contributed by atoms with van der Waals surface area (Å²) in [6.07, 6.45) is 2.09. The Bertz CT molecular complexity index is 717. The van der Waals surface area contributed by atoms with E-state index in [2.05, 4.69) is 25.7 Å². The van der Waals surface area contributed by atoms with Crippen LogP contribution in [0, 0.1) is 0 Å². The molecule has 1 aromatic carbocycles. The Morgan fingerprint density at radius 3 is 3.11 bits per heavy atom. The molecule has 7 heteroatoms. The van der Waals surface area contributed by atoms with E-state index in [0.29, 0.717) is 17.2 Å². The van der Waals surface area contributed by atoms with Gasteiger partial charge in [-0.05, 0) is 18.2 Å². The summed E-state index contributed by atoms with van der Waals surface area (Å²) < 4.78 is 5.50. The number of H-pyrrole nitrogens is 1. The molecule has 0 saturated carbocycles. The van der Waals surface area contributed by atoms with Crippen LogP contribution in [0.25, 0.3) is 11.1 Å². The molecule has 0 aliphatic heterocycles. The van der Waals surface area contributed by atoms with Gasteiger partial charge in [0.05, 0.1) is 6.20 Å². The van der Waals surface area contributed by atoms with Crippen LogP contribution in [0.15, 0.2) is 28.8 Å². The second-order valence-corrected chi connectivity index (χ2v) is 3.95. The largest absolute Gasteiger partial charge is 0.441 e. The molecule has 0 bridgehead atoms. The van der Waals surface area contributed by atoms with Crippen LogP contribution in [-0.4, -0.2) is 26.3 Å². The summed E-state index contributed by atoms with van der Waals surface area (Å²) >= 11 is 0. The van der Waals surface area contributed by atoms with Gasteiger partial charge in [-0.1, -0.05) is 6.92 Å². The number of rotatable bonds is 3. The van der Waals surface area contributed by atoms with Gasteiger partial charge in [0.2, 0.25) is 0 Å². The molecule has 2 N–H and O–H groups in total. The Morgan fingerprint density at radius 2 is 2.37 bits per heavy atom. The topological polar surface area (TPSA) is 96.7 Å². The molecular formula is C12H11N5O2. The fraction of sp³-hybridized carbons (Fsp3) is 0.167. The molecule has 19 heavy (non-hydrogen) atoms. The van der Waals surface area contributed by atoms with Crippen LogP contribution in [0.4, 0.5) is 5.69 Å². The summed E-state index contributed by atoms with van der Waals surface area (Å²) in [7, 11) is 0. The Kier molecular flexibility index (Phi) is 2.71. The Labute approximate surface area is 108 Å². The number of hydrogen-bond acceptors (Lipinski definition) is 5. The second kappa shape index (κ2) is 4.52. The molecule has 0 aliphatic rings. The lowest BCUT2D eigenvalue weighted by atomic mass is 10.3. The molecule has 0 fully saturated rings. The number of carbonyl (C=O) groups excluding carboxylic acids is 1. The number of amides is 1.